The summed E-state index contributed by atoms with van der Waals surface area (Å²) < 4.78 is 0. The van der Waals surface area contributed by atoms with E-state index in [1.54, 1.807) is 0 Å². The highest BCUT2D eigenvalue weighted by atomic mass is 35.5. The minimum Gasteiger partial charge on any atom is -0.295 e. The molecule has 1 heterocycles. The summed E-state index contributed by atoms with van der Waals surface area (Å²) >= 11 is 11.9. The maximum Gasteiger partial charge on any atom is 0.187 e. The lowest BCUT2D eigenvalue weighted by Crippen LogP contribution is -2.37. The highest BCUT2D eigenvalue weighted by Gasteiger charge is 2.25. The Morgan fingerprint density at radius 1 is 0.840 bits per heavy atom. The van der Waals surface area contributed by atoms with Crippen molar-refractivity contribution < 1.29 is 4.79 Å². The summed E-state index contributed by atoms with van der Waals surface area (Å²) in [5.41, 5.74) is 3.57. The van der Waals surface area contributed by atoms with Crippen LogP contribution >= 0.6 is 23.2 Å². The lowest BCUT2D eigenvalue weighted by atomic mass is 9.94. The molecule has 128 valence electrons. The predicted octanol–water partition coefficient (Wildman–Crippen LogP) is 5.37. The molecule has 0 atom stereocenters. The molecule has 2 nitrogen and oxygen atoms in total. The second-order valence-electron chi connectivity index (χ2n) is 6.07. The van der Waals surface area contributed by atoms with Crippen molar-refractivity contribution in [2.75, 3.05) is 19.6 Å². The Labute approximate surface area is 158 Å². The third-order valence-electron chi connectivity index (χ3n) is 4.24. The molecule has 1 aliphatic rings. The first-order valence-corrected chi connectivity index (χ1v) is 9.00. The van der Waals surface area contributed by atoms with Crippen molar-refractivity contribution in [2.45, 2.75) is 6.92 Å². The number of hydrogen-bond donors (Lipinski definition) is 0. The van der Waals surface area contributed by atoms with E-state index in [2.05, 4.69) is 11.8 Å². The second-order valence-corrected chi connectivity index (χ2v) is 6.95. The molecule has 0 aromatic heterocycles. The second kappa shape index (κ2) is 8.01. The van der Waals surface area contributed by atoms with Gasteiger partial charge in [0, 0.05) is 34.3 Å². The summed E-state index contributed by atoms with van der Waals surface area (Å²) in [5, 5.41) is 1.38. The summed E-state index contributed by atoms with van der Waals surface area (Å²) in [6, 6.07) is 15.1. The molecule has 1 fully saturated rings. The first-order chi connectivity index (χ1) is 12.0. The minimum absolute atomic E-state index is 0.106. The normalized spacial score (nSPS) is 18.9. The van der Waals surface area contributed by atoms with E-state index < -0.39 is 0 Å². The van der Waals surface area contributed by atoms with Gasteiger partial charge in [-0.3, -0.25) is 9.69 Å². The fourth-order valence-electron chi connectivity index (χ4n) is 2.85. The maximum atomic E-state index is 12.9. The van der Waals surface area contributed by atoms with Crippen LogP contribution in [0.2, 0.25) is 10.0 Å². The number of benzene rings is 2. The molecule has 2 aromatic carbocycles. The van der Waals surface area contributed by atoms with Crippen LogP contribution in [-0.4, -0.2) is 30.3 Å². The third-order valence-corrected chi connectivity index (χ3v) is 4.74. The number of nitrogens with zero attached hydrogens (tertiary/aromatic N) is 1. The number of carbonyl (C=O) groups excluding carboxylic acids is 1. The van der Waals surface area contributed by atoms with Crippen LogP contribution in [0.3, 0.4) is 0 Å². The minimum atomic E-state index is 0.106. The Balaban J connectivity index is 1.93. The predicted molar refractivity (Wildman–Crippen MR) is 106 cm³/mol. The molecular formula is C21H19Cl2NO. The van der Waals surface area contributed by atoms with Crippen molar-refractivity contribution >= 4 is 41.1 Å². The molecule has 4 heteroatoms. The average Bonchev–Trinajstić information content (AvgIpc) is 2.62. The van der Waals surface area contributed by atoms with Crippen molar-refractivity contribution in [3.63, 3.8) is 0 Å². The summed E-state index contributed by atoms with van der Waals surface area (Å²) in [6.45, 7) is 4.32. The maximum absolute atomic E-state index is 12.9. The number of halogens is 2. The van der Waals surface area contributed by atoms with Crippen molar-refractivity contribution in [2.24, 2.45) is 0 Å². The molecule has 0 bridgehead atoms. The van der Waals surface area contributed by atoms with Crippen LogP contribution in [0, 0.1) is 0 Å². The lowest BCUT2D eigenvalue weighted by Gasteiger charge is -2.28. The zero-order chi connectivity index (χ0) is 17.8. The Kier molecular flexibility index (Phi) is 5.74. The van der Waals surface area contributed by atoms with Crippen molar-refractivity contribution in [3.05, 3.63) is 80.8 Å². The number of hydrogen-bond acceptors (Lipinski definition) is 2. The van der Waals surface area contributed by atoms with Crippen LogP contribution < -0.4 is 0 Å². The van der Waals surface area contributed by atoms with Gasteiger partial charge in [-0.15, -0.1) is 0 Å². The number of likely N-dealkylation sites (N-methyl/N-ethyl adjacent to an activating group) is 1. The zero-order valence-corrected chi connectivity index (χ0v) is 15.5. The van der Waals surface area contributed by atoms with Crippen LogP contribution in [0.15, 0.2) is 59.7 Å². The highest BCUT2D eigenvalue weighted by molar-refractivity contribution is 6.30. The number of piperidine rings is 1. The summed E-state index contributed by atoms with van der Waals surface area (Å²) in [4.78, 5) is 15.2. The van der Waals surface area contributed by atoms with Gasteiger partial charge in [-0.25, -0.2) is 0 Å². The van der Waals surface area contributed by atoms with E-state index in [1.165, 1.54) is 0 Å². The third kappa shape index (κ3) is 4.60. The van der Waals surface area contributed by atoms with Gasteiger partial charge in [-0.2, -0.15) is 0 Å². The quantitative estimate of drug-likeness (QED) is 0.676. The van der Waals surface area contributed by atoms with Gasteiger partial charge in [0.05, 0.1) is 0 Å². The van der Waals surface area contributed by atoms with Crippen LogP contribution in [0.5, 0.6) is 0 Å². The zero-order valence-electron chi connectivity index (χ0n) is 14.0. The molecule has 0 aliphatic carbocycles. The van der Waals surface area contributed by atoms with Gasteiger partial charge in [-0.1, -0.05) is 54.4 Å². The van der Waals surface area contributed by atoms with Crippen molar-refractivity contribution in [3.8, 4) is 0 Å². The van der Waals surface area contributed by atoms with E-state index in [0.29, 0.717) is 23.1 Å². The van der Waals surface area contributed by atoms with E-state index in [9.17, 15) is 4.79 Å². The van der Waals surface area contributed by atoms with Gasteiger partial charge in [0.25, 0.3) is 0 Å². The van der Waals surface area contributed by atoms with Crippen molar-refractivity contribution in [1.29, 1.82) is 0 Å². The number of ketones is 1. The van der Waals surface area contributed by atoms with E-state index in [-0.39, 0.29) is 5.78 Å². The molecule has 1 aliphatic heterocycles. The fourth-order valence-corrected chi connectivity index (χ4v) is 3.11. The Morgan fingerprint density at radius 2 is 1.24 bits per heavy atom. The molecule has 0 N–H and O–H groups in total. The number of rotatable bonds is 3. The Bertz CT molecular complexity index is 752. The number of likely N-dealkylation sites (tertiary alicyclic amines) is 1. The first-order valence-electron chi connectivity index (χ1n) is 8.24. The van der Waals surface area contributed by atoms with Gasteiger partial charge >= 0.3 is 0 Å². The fraction of sp³-hybridized carbons (Fsp3) is 0.190. The molecule has 0 radical (unpaired) electrons. The number of Topliss-reactive ketones (excluding diaryl/α,β-unsaturated/α-hetero) is 1. The summed E-state index contributed by atoms with van der Waals surface area (Å²) in [6.07, 6.45) is 3.91. The van der Waals surface area contributed by atoms with Crippen LogP contribution in [-0.2, 0) is 4.79 Å². The highest BCUT2D eigenvalue weighted by Crippen LogP contribution is 2.23. The van der Waals surface area contributed by atoms with Crippen LogP contribution in [0.25, 0.3) is 12.2 Å². The molecular weight excluding hydrogens is 353 g/mol. The topological polar surface area (TPSA) is 20.3 Å². The van der Waals surface area contributed by atoms with E-state index in [0.717, 1.165) is 28.8 Å². The monoisotopic (exact) mass is 371 g/mol. The van der Waals surface area contributed by atoms with E-state index >= 15 is 0 Å². The first kappa shape index (κ1) is 17.9. The number of carbonyl (C=O) groups is 1. The van der Waals surface area contributed by atoms with Gasteiger partial charge in [-0.05, 0) is 54.1 Å². The SMILES string of the molecule is CCN1CC(=Cc2ccc(Cl)cc2)C(=O)C(=Cc2ccc(Cl)cc2)C1. The summed E-state index contributed by atoms with van der Waals surface area (Å²) in [7, 11) is 0. The molecule has 0 saturated carbocycles. The molecule has 25 heavy (non-hydrogen) atoms. The van der Waals surface area contributed by atoms with Crippen LogP contribution in [0.4, 0.5) is 0 Å². The van der Waals surface area contributed by atoms with E-state index in [4.69, 9.17) is 23.2 Å². The summed E-state index contributed by atoms with van der Waals surface area (Å²) in [5.74, 6) is 0.106. The molecule has 2 aromatic rings. The molecule has 0 spiro atoms. The van der Waals surface area contributed by atoms with E-state index in [1.807, 2.05) is 60.7 Å². The molecule has 0 amide bonds. The van der Waals surface area contributed by atoms with Gasteiger partial charge in [0.2, 0.25) is 0 Å². The molecule has 0 unspecified atom stereocenters. The van der Waals surface area contributed by atoms with Gasteiger partial charge in [0.15, 0.2) is 5.78 Å². The van der Waals surface area contributed by atoms with Crippen LogP contribution in [0.1, 0.15) is 18.1 Å². The Hall–Kier alpha value is -1.87. The van der Waals surface area contributed by atoms with Gasteiger partial charge < -0.3 is 0 Å². The van der Waals surface area contributed by atoms with Crippen molar-refractivity contribution in [1.82, 2.24) is 4.90 Å². The largest absolute Gasteiger partial charge is 0.295 e. The Morgan fingerprint density at radius 3 is 1.60 bits per heavy atom. The van der Waals surface area contributed by atoms with Gasteiger partial charge in [0.1, 0.15) is 0 Å². The molecule has 3 rings (SSSR count). The standard InChI is InChI=1S/C21H19Cl2NO/c1-2-24-13-17(11-15-3-7-19(22)8-4-15)21(25)18(14-24)12-16-5-9-20(23)10-6-16/h3-12H,2,13-14H2,1H3. The molecule has 1 saturated heterocycles. The smallest absolute Gasteiger partial charge is 0.187 e. The lowest BCUT2D eigenvalue weighted by molar-refractivity contribution is -0.113. The average molecular weight is 372 g/mol.